The van der Waals surface area contributed by atoms with Crippen LogP contribution in [0.25, 0.3) is 0 Å². The van der Waals surface area contributed by atoms with E-state index in [0.717, 1.165) is 68.0 Å². The molecule has 3 aliphatic rings. The van der Waals surface area contributed by atoms with Crippen molar-refractivity contribution in [2.45, 2.75) is 56.8 Å². The highest BCUT2D eigenvalue weighted by Gasteiger charge is 2.49. The van der Waals surface area contributed by atoms with E-state index in [1.54, 1.807) is 12.3 Å². The summed E-state index contributed by atoms with van der Waals surface area (Å²) in [5.74, 6) is -1.93. The first-order chi connectivity index (χ1) is 12.8. The summed E-state index contributed by atoms with van der Waals surface area (Å²) in [6, 6.07) is 7.30. The molecule has 144 valence electrons. The quantitative estimate of drug-likeness (QED) is 0.620. The Labute approximate surface area is 167 Å². The van der Waals surface area contributed by atoms with Gasteiger partial charge in [0.15, 0.2) is 0 Å². The number of nitrogens with one attached hydrogen (secondary N) is 1. The second kappa shape index (κ2) is 6.80. The maximum absolute atomic E-state index is 13.5. The largest absolute Gasteiger partial charge is 0.369 e. The van der Waals surface area contributed by atoms with Gasteiger partial charge >= 0.3 is 0 Å². The predicted octanol–water partition coefficient (Wildman–Crippen LogP) is 6.05. The molecule has 0 spiro atoms. The second-order valence-electron chi connectivity index (χ2n) is 8.31. The zero-order chi connectivity index (χ0) is 19.1. The number of nitrogens with zero attached hydrogens (tertiary/aromatic N) is 2. The van der Waals surface area contributed by atoms with Gasteiger partial charge in [-0.05, 0) is 68.2 Å². The average Bonchev–Trinajstić information content (AvgIpc) is 2.68. The molecule has 0 aliphatic heterocycles. The highest BCUT2D eigenvalue weighted by atomic mass is 79.9. The van der Waals surface area contributed by atoms with Crippen LogP contribution in [0.2, 0.25) is 0 Å². The number of halogens is 3. The van der Waals surface area contributed by atoms with Crippen molar-refractivity contribution in [1.82, 2.24) is 9.97 Å². The van der Waals surface area contributed by atoms with Gasteiger partial charge in [-0.3, -0.25) is 4.98 Å². The van der Waals surface area contributed by atoms with E-state index in [2.05, 4.69) is 31.2 Å². The van der Waals surface area contributed by atoms with E-state index in [1.165, 1.54) is 6.20 Å². The van der Waals surface area contributed by atoms with Crippen molar-refractivity contribution in [2.24, 2.45) is 5.41 Å². The van der Waals surface area contributed by atoms with Crippen LogP contribution in [0.4, 0.5) is 14.6 Å². The lowest BCUT2D eigenvalue weighted by molar-refractivity contribution is 0.0167. The highest BCUT2D eigenvalue weighted by molar-refractivity contribution is 9.10. The molecule has 3 aliphatic carbocycles. The van der Waals surface area contributed by atoms with Gasteiger partial charge in [0.1, 0.15) is 5.82 Å². The molecule has 3 saturated carbocycles. The van der Waals surface area contributed by atoms with E-state index < -0.39 is 5.92 Å². The average molecular weight is 436 g/mol. The van der Waals surface area contributed by atoms with Crippen LogP contribution < -0.4 is 5.32 Å². The third-order valence-electron chi connectivity index (χ3n) is 6.58. The number of anilines is 1. The van der Waals surface area contributed by atoms with Gasteiger partial charge in [0.2, 0.25) is 0 Å². The minimum Gasteiger partial charge on any atom is -0.369 e. The molecule has 0 aromatic carbocycles. The molecule has 0 radical (unpaired) electrons. The smallest absolute Gasteiger partial charge is 0.272 e. The van der Waals surface area contributed by atoms with Gasteiger partial charge in [0.25, 0.3) is 5.92 Å². The molecule has 3 fully saturated rings. The second-order valence-corrected chi connectivity index (χ2v) is 9.23. The van der Waals surface area contributed by atoms with Crippen LogP contribution in [-0.2, 0) is 11.3 Å². The summed E-state index contributed by atoms with van der Waals surface area (Å²) >= 11 is 3.48. The van der Waals surface area contributed by atoms with E-state index in [9.17, 15) is 8.78 Å². The lowest BCUT2D eigenvalue weighted by atomic mass is 9.52. The first-order valence-corrected chi connectivity index (χ1v) is 10.3. The minimum atomic E-state index is -2.83. The Hall–Kier alpha value is -1.56. The molecule has 0 saturated heterocycles. The SMILES string of the molecule is CC(F)(F)c1ccc(C23CCC(CNc4cc(Br)ccn4)(CC2)CC3)nc1. The standard InChI is InChI=1S/C21H24BrF2N3/c1-19(23,24)15-2-3-17(26-13-15)21-8-5-20(6-9-21,7-10-21)14-27-18-12-16(22)4-11-25-18/h2-4,11-13H,5-10,14H2,1H3,(H,25,27). The third kappa shape index (κ3) is 3.73. The molecule has 2 aromatic heterocycles. The van der Waals surface area contributed by atoms with Crippen molar-refractivity contribution >= 4 is 21.7 Å². The molecule has 27 heavy (non-hydrogen) atoms. The van der Waals surface area contributed by atoms with Crippen LogP contribution in [0, 0.1) is 5.41 Å². The zero-order valence-electron chi connectivity index (χ0n) is 15.4. The fourth-order valence-electron chi connectivity index (χ4n) is 4.66. The summed E-state index contributed by atoms with van der Waals surface area (Å²) in [4.78, 5) is 8.83. The van der Waals surface area contributed by atoms with Gasteiger partial charge in [-0.15, -0.1) is 0 Å². The molecule has 2 heterocycles. The monoisotopic (exact) mass is 435 g/mol. The molecular formula is C21H24BrF2N3. The van der Waals surface area contributed by atoms with Crippen molar-refractivity contribution in [1.29, 1.82) is 0 Å². The van der Waals surface area contributed by atoms with E-state index in [0.29, 0.717) is 5.41 Å². The Morgan fingerprint density at radius 1 is 1.07 bits per heavy atom. The first-order valence-electron chi connectivity index (χ1n) is 9.51. The number of hydrogen-bond donors (Lipinski definition) is 1. The third-order valence-corrected chi connectivity index (χ3v) is 7.08. The summed E-state index contributed by atoms with van der Waals surface area (Å²) in [5.41, 5.74) is 1.36. The number of fused-ring (bicyclic) bond motifs is 3. The fourth-order valence-corrected chi connectivity index (χ4v) is 4.99. The van der Waals surface area contributed by atoms with Crippen LogP contribution in [0.5, 0.6) is 0 Å². The van der Waals surface area contributed by atoms with E-state index in [1.807, 2.05) is 18.2 Å². The van der Waals surface area contributed by atoms with Gasteiger partial charge in [-0.25, -0.2) is 13.8 Å². The molecule has 5 rings (SSSR count). The summed E-state index contributed by atoms with van der Waals surface area (Å²) in [6.07, 6.45) is 9.82. The van der Waals surface area contributed by atoms with Crippen molar-refractivity contribution in [3.63, 3.8) is 0 Å². The molecule has 2 bridgehead atoms. The molecule has 0 atom stereocenters. The first kappa shape index (κ1) is 18.8. The van der Waals surface area contributed by atoms with Gasteiger partial charge in [0, 0.05) is 47.0 Å². The Morgan fingerprint density at radius 2 is 1.78 bits per heavy atom. The van der Waals surface area contributed by atoms with Crippen molar-refractivity contribution in [3.8, 4) is 0 Å². The Morgan fingerprint density at radius 3 is 2.33 bits per heavy atom. The number of hydrogen-bond acceptors (Lipinski definition) is 3. The molecular weight excluding hydrogens is 412 g/mol. The number of pyridine rings is 2. The Bertz CT molecular complexity index is 792. The minimum absolute atomic E-state index is 0.00524. The number of rotatable bonds is 5. The van der Waals surface area contributed by atoms with Crippen LogP contribution in [0.1, 0.15) is 56.7 Å². The van der Waals surface area contributed by atoms with Gasteiger partial charge in [-0.2, -0.15) is 0 Å². The maximum atomic E-state index is 13.5. The molecule has 3 nitrogen and oxygen atoms in total. The number of aromatic nitrogens is 2. The van der Waals surface area contributed by atoms with E-state index in [-0.39, 0.29) is 11.0 Å². The normalized spacial score (nSPS) is 27.6. The van der Waals surface area contributed by atoms with Crippen LogP contribution >= 0.6 is 15.9 Å². The zero-order valence-corrected chi connectivity index (χ0v) is 17.0. The summed E-state index contributed by atoms with van der Waals surface area (Å²) in [5, 5.41) is 3.51. The Kier molecular flexibility index (Phi) is 4.73. The van der Waals surface area contributed by atoms with Crippen molar-refractivity contribution in [3.05, 3.63) is 52.4 Å². The van der Waals surface area contributed by atoms with E-state index in [4.69, 9.17) is 0 Å². The highest BCUT2D eigenvalue weighted by Crippen LogP contribution is 2.57. The molecule has 6 heteroatoms. The summed E-state index contributed by atoms with van der Waals surface area (Å²) < 4.78 is 27.9. The van der Waals surface area contributed by atoms with Gasteiger partial charge in [-0.1, -0.05) is 15.9 Å². The van der Waals surface area contributed by atoms with Crippen molar-refractivity contribution < 1.29 is 8.78 Å². The molecule has 2 aromatic rings. The molecule has 0 amide bonds. The predicted molar refractivity (Wildman–Crippen MR) is 106 cm³/mol. The van der Waals surface area contributed by atoms with Gasteiger partial charge in [0.05, 0.1) is 0 Å². The van der Waals surface area contributed by atoms with Crippen LogP contribution in [0.15, 0.2) is 41.1 Å². The van der Waals surface area contributed by atoms with E-state index >= 15 is 0 Å². The van der Waals surface area contributed by atoms with Gasteiger partial charge < -0.3 is 5.32 Å². The lowest BCUT2D eigenvalue weighted by Gasteiger charge is -2.53. The lowest BCUT2D eigenvalue weighted by Crippen LogP contribution is -2.47. The fraction of sp³-hybridized carbons (Fsp3) is 0.524. The molecule has 0 unspecified atom stereocenters. The topological polar surface area (TPSA) is 37.8 Å². The van der Waals surface area contributed by atoms with Crippen LogP contribution in [-0.4, -0.2) is 16.5 Å². The number of alkyl halides is 2. The maximum Gasteiger partial charge on any atom is 0.272 e. The van der Waals surface area contributed by atoms with Crippen LogP contribution in [0.3, 0.4) is 0 Å². The summed E-state index contributed by atoms with van der Waals surface area (Å²) in [7, 11) is 0. The molecule has 1 N–H and O–H groups in total. The summed E-state index contributed by atoms with van der Waals surface area (Å²) in [6.45, 7) is 1.85. The Balaban J connectivity index is 1.43. The van der Waals surface area contributed by atoms with Crippen molar-refractivity contribution in [2.75, 3.05) is 11.9 Å².